The molecule has 0 amide bonds. The van der Waals surface area contributed by atoms with Crippen molar-refractivity contribution < 1.29 is 0 Å². The van der Waals surface area contributed by atoms with E-state index in [1.807, 2.05) is 13.8 Å². The SMILES string of the molecule is CC(C)n1ncc2c(=O)[nH]c(=O)[nH]c21. The molecule has 0 spiro atoms. The summed E-state index contributed by atoms with van der Waals surface area (Å²) in [5, 5.41) is 4.42. The van der Waals surface area contributed by atoms with Crippen LogP contribution in [0.25, 0.3) is 11.0 Å². The molecule has 0 aromatic carbocycles. The first-order valence-electron chi connectivity index (χ1n) is 4.29. The lowest BCUT2D eigenvalue weighted by molar-refractivity contribution is 0.545. The first kappa shape index (κ1) is 8.74. The summed E-state index contributed by atoms with van der Waals surface area (Å²) >= 11 is 0. The van der Waals surface area contributed by atoms with E-state index in [0.717, 1.165) is 0 Å². The van der Waals surface area contributed by atoms with E-state index in [0.29, 0.717) is 11.0 Å². The van der Waals surface area contributed by atoms with E-state index in [2.05, 4.69) is 15.1 Å². The number of aromatic nitrogens is 4. The Morgan fingerprint density at radius 3 is 2.71 bits per heavy atom. The third kappa shape index (κ3) is 1.15. The van der Waals surface area contributed by atoms with Crippen molar-refractivity contribution in [3.63, 3.8) is 0 Å². The van der Waals surface area contributed by atoms with Gasteiger partial charge in [0.05, 0.1) is 6.20 Å². The fourth-order valence-electron chi connectivity index (χ4n) is 1.35. The summed E-state index contributed by atoms with van der Waals surface area (Å²) in [5.74, 6) is 0. The van der Waals surface area contributed by atoms with E-state index in [-0.39, 0.29) is 6.04 Å². The standard InChI is InChI=1S/C8H10N4O2/c1-4(2)12-6-5(3-9-12)7(13)11-8(14)10-6/h3-4H,1-2H3,(H2,10,11,13,14). The van der Waals surface area contributed by atoms with E-state index < -0.39 is 11.2 Å². The van der Waals surface area contributed by atoms with E-state index in [9.17, 15) is 9.59 Å². The number of nitrogens with one attached hydrogen (secondary N) is 2. The van der Waals surface area contributed by atoms with Gasteiger partial charge in [-0.2, -0.15) is 5.10 Å². The van der Waals surface area contributed by atoms with Crippen LogP contribution < -0.4 is 11.2 Å². The van der Waals surface area contributed by atoms with Gasteiger partial charge in [0, 0.05) is 6.04 Å². The lowest BCUT2D eigenvalue weighted by Crippen LogP contribution is -2.22. The minimum absolute atomic E-state index is 0.102. The predicted molar refractivity (Wildman–Crippen MR) is 51.4 cm³/mol. The highest BCUT2D eigenvalue weighted by Gasteiger charge is 2.09. The normalized spacial score (nSPS) is 11.4. The predicted octanol–water partition coefficient (Wildman–Crippen LogP) is -0.00620. The van der Waals surface area contributed by atoms with E-state index in [1.54, 1.807) is 4.68 Å². The van der Waals surface area contributed by atoms with Gasteiger partial charge < -0.3 is 0 Å². The van der Waals surface area contributed by atoms with Gasteiger partial charge in [-0.25, -0.2) is 9.48 Å². The van der Waals surface area contributed by atoms with Gasteiger partial charge in [0.1, 0.15) is 11.0 Å². The van der Waals surface area contributed by atoms with Crippen LogP contribution in [0.15, 0.2) is 15.8 Å². The van der Waals surface area contributed by atoms with Crippen LogP contribution >= 0.6 is 0 Å². The van der Waals surface area contributed by atoms with Crippen molar-refractivity contribution >= 4 is 11.0 Å². The molecule has 2 aromatic rings. The van der Waals surface area contributed by atoms with Crippen molar-refractivity contribution in [2.75, 3.05) is 0 Å². The van der Waals surface area contributed by atoms with Gasteiger partial charge in [0.15, 0.2) is 0 Å². The van der Waals surface area contributed by atoms with Crippen LogP contribution in [0.2, 0.25) is 0 Å². The molecule has 0 radical (unpaired) electrons. The van der Waals surface area contributed by atoms with Crippen molar-refractivity contribution in [3.8, 4) is 0 Å². The van der Waals surface area contributed by atoms with Crippen LogP contribution in [0.1, 0.15) is 19.9 Å². The topological polar surface area (TPSA) is 83.5 Å². The van der Waals surface area contributed by atoms with E-state index in [4.69, 9.17) is 0 Å². The van der Waals surface area contributed by atoms with Crippen LogP contribution in [0.4, 0.5) is 0 Å². The molecule has 0 fully saturated rings. The van der Waals surface area contributed by atoms with Crippen LogP contribution in [0.5, 0.6) is 0 Å². The molecule has 6 heteroatoms. The molecule has 2 N–H and O–H groups in total. The third-order valence-electron chi connectivity index (χ3n) is 1.99. The summed E-state index contributed by atoms with van der Waals surface area (Å²) in [7, 11) is 0. The summed E-state index contributed by atoms with van der Waals surface area (Å²) in [6, 6.07) is 0.102. The maximum Gasteiger partial charge on any atom is 0.327 e. The second-order valence-electron chi connectivity index (χ2n) is 3.35. The Labute approximate surface area is 78.6 Å². The van der Waals surface area contributed by atoms with E-state index >= 15 is 0 Å². The number of aromatic amines is 2. The minimum atomic E-state index is -0.509. The molecule has 2 heterocycles. The van der Waals surface area contributed by atoms with Crippen LogP contribution in [0, 0.1) is 0 Å². The van der Waals surface area contributed by atoms with Crippen molar-refractivity contribution in [1.29, 1.82) is 0 Å². The molecule has 0 bridgehead atoms. The summed E-state index contributed by atoms with van der Waals surface area (Å²) in [6.07, 6.45) is 1.45. The number of rotatable bonds is 1. The number of hydrogen-bond acceptors (Lipinski definition) is 3. The lowest BCUT2D eigenvalue weighted by atomic mass is 10.4. The molecule has 0 saturated carbocycles. The Kier molecular flexibility index (Phi) is 1.77. The van der Waals surface area contributed by atoms with Crippen LogP contribution in [0.3, 0.4) is 0 Å². The molecule has 0 unspecified atom stereocenters. The Morgan fingerprint density at radius 2 is 2.07 bits per heavy atom. The van der Waals surface area contributed by atoms with Crippen molar-refractivity contribution in [2.24, 2.45) is 0 Å². The molecule has 0 saturated heterocycles. The molecule has 6 nitrogen and oxygen atoms in total. The van der Waals surface area contributed by atoms with Gasteiger partial charge in [-0.05, 0) is 13.8 Å². The van der Waals surface area contributed by atoms with Crippen molar-refractivity contribution in [3.05, 3.63) is 27.0 Å². The van der Waals surface area contributed by atoms with Gasteiger partial charge in [-0.15, -0.1) is 0 Å². The van der Waals surface area contributed by atoms with Gasteiger partial charge >= 0.3 is 5.69 Å². The number of nitrogens with zero attached hydrogens (tertiary/aromatic N) is 2. The second kappa shape index (κ2) is 2.83. The molecule has 74 valence electrons. The fraction of sp³-hybridized carbons (Fsp3) is 0.375. The Balaban J connectivity index is 2.92. The van der Waals surface area contributed by atoms with Crippen LogP contribution in [-0.4, -0.2) is 19.7 Å². The maximum atomic E-state index is 11.3. The molecular formula is C8H10N4O2. The van der Waals surface area contributed by atoms with E-state index in [1.165, 1.54) is 6.20 Å². The minimum Gasteiger partial charge on any atom is -0.292 e. The number of fused-ring (bicyclic) bond motifs is 1. The first-order chi connectivity index (χ1) is 6.59. The number of hydrogen-bond donors (Lipinski definition) is 2. The monoisotopic (exact) mass is 194 g/mol. The molecule has 0 aliphatic rings. The van der Waals surface area contributed by atoms with Crippen molar-refractivity contribution in [2.45, 2.75) is 19.9 Å². The smallest absolute Gasteiger partial charge is 0.292 e. The molecule has 2 rings (SSSR count). The first-order valence-corrected chi connectivity index (χ1v) is 4.29. The largest absolute Gasteiger partial charge is 0.327 e. The summed E-state index contributed by atoms with van der Waals surface area (Å²) < 4.78 is 1.60. The summed E-state index contributed by atoms with van der Waals surface area (Å²) in [6.45, 7) is 3.85. The highest BCUT2D eigenvalue weighted by atomic mass is 16.2. The highest BCUT2D eigenvalue weighted by Crippen LogP contribution is 2.09. The zero-order chi connectivity index (χ0) is 10.3. The van der Waals surface area contributed by atoms with Gasteiger partial charge in [-0.1, -0.05) is 0 Å². The summed E-state index contributed by atoms with van der Waals surface area (Å²) in [4.78, 5) is 27.0. The quantitative estimate of drug-likeness (QED) is 0.669. The Hall–Kier alpha value is -1.85. The molecule has 0 aliphatic heterocycles. The average molecular weight is 194 g/mol. The Bertz CT molecular complexity index is 575. The second-order valence-corrected chi connectivity index (χ2v) is 3.35. The maximum absolute atomic E-state index is 11.3. The van der Waals surface area contributed by atoms with Crippen LogP contribution in [-0.2, 0) is 0 Å². The molecule has 14 heavy (non-hydrogen) atoms. The molecule has 2 aromatic heterocycles. The van der Waals surface area contributed by atoms with Gasteiger partial charge in [-0.3, -0.25) is 14.8 Å². The van der Waals surface area contributed by atoms with Gasteiger partial charge in [0.25, 0.3) is 5.56 Å². The number of H-pyrrole nitrogens is 2. The molecule has 0 aliphatic carbocycles. The lowest BCUT2D eigenvalue weighted by Gasteiger charge is -2.05. The fourth-order valence-corrected chi connectivity index (χ4v) is 1.35. The van der Waals surface area contributed by atoms with Gasteiger partial charge in [0.2, 0.25) is 0 Å². The zero-order valence-corrected chi connectivity index (χ0v) is 7.87. The third-order valence-corrected chi connectivity index (χ3v) is 1.99. The van der Waals surface area contributed by atoms with Crippen molar-refractivity contribution in [1.82, 2.24) is 19.7 Å². The molecule has 0 atom stereocenters. The summed E-state index contributed by atoms with van der Waals surface area (Å²) in [5.41, 5.74) is -0.450. The zero-order valence-electron chi connectivity index (χ0n) is 7.87. The average Bonchev–Trinajstić information content (AvgIpc) is 2.47. The molecular weight excluding hydrogens is 184 g/mol. The highest BCUT2D eigenvalue weighted by molar-refractivity contribution is 5.72. The Morgan fingerprint density at radius 1 is 1.36 bits per heavy atom.